The molecule has 1 aromatic carbocycles. The average Bonchev–Trinajstić information content (AvgIpc) is 2.97. The predicted octanol–water partition coefficient (Wildman–Crippen LogP) is 3.45. The summed E-state index contributed by atoms with van der Waals surface area (Å²) in [5.41, 5.74) is 1.20. The largest absolute Gasteiger partial charge is 0.497 e. The summed E-state index contributed by atoms with van der Waals surface area (Å²) in [6.45, 7) is 3.34. The average molecular weight is 376 g/mol. The summed E-state index contributed by atoms with van der Waals surface area (Å²) in [6, 6.07) is 6.93. The first kappa shape index (κ1) is 19.5. The number of carbonyl (C=O) groups excluding carboxylic acids is 3. The number of thiophene rings is 1. The number of esters is 1. The Balaban J connectivity index is 2.36. The van der Waals surface area contributed by atoms with Crippen LogP contribution in [0.15, 0.2) is 24.3 Å². The molecule has 1 aromatic heterocycles. The second-order valence-electron chi connectivity index (χ2n) is 5.34. The van der Waals surface area contributed by atoms with Crippen LogP contribution in [0.5, 0.6) is 5.75 Å². The van der Waals surface area contributed by atoms with Gasteiger partial charge in [0, 0.05) is 18.2 Å². The Morgan fingerprint density at radius 1 is 1.15 bits per heavy atom. The smallest absolute Gasteiger partial charge is 0.341 e. The molecule has 26 heavy (non-hydrogen) atoms. The lowest BCUT2D eigenvalue weighted by molar-refractivity contribution is -0.115. The van der Waals surface area contributed by atoms with Gasteiger partial charge in [0.15, 0.2) is 0 Å². The molecule has 0 fully saturated rings. The van der Waals surface area contributed by atoms with Gasteiger partial charge in [-0.25, -0.2) is 4.79 Å². The van der Waals surface area contributed by atoms with E-state index in [-0.39, 0.29) is 23.8 Å². The maximum atomic E-state index is 12.7. The lowest BCUT2D eigenvalue weighted by Crippen LogP contribution is -2.13. The van der Waals surface area contributed by atoms with Crippen LogP contribution in [-0.2, 0) is 9.53 Å². The van der Waals surface area contributed by atoms with Gasteiger partial charge < -0.3 is 20.1 Å². The molecule has 0 aliphatic rings. The molecule has 2 aromatic rings. The van der Waals surface area contributed by atoms with E-state index in [0.29, 0.717) is 26.9 Å². The Morgan fingerprint density at radius 3 is 2.50 bits per heavy atom. The zero-order valence-electron chi connectivity index (χ0n) is 15.0. The van der Waals surface area contributed by atoms with E-state index in [1.165, 1.54) is 14.2 Å². The number of rotatable bonds is 6. The Hall–Kier alpha value is -2.87. The number of amides is 2. The Bertz CT molecular complexity index is 844. The van der Waals surface area contributed by atoms with Crippen molar-refractivity contribution < 1.29 is 23.9 Å². The number of anilines is 2. The first-order valence-electron chi connectivity index (χ1n) is 7.88. The van der Waals surface area contributed by atoms with Gasteiger partial charge >= 0.3 is 5.97 Å². The molecule has 2 rings (SSSR count). The third-order valence-corrected chi connectivity index (χ3v) is 4.85. The number of methoxy groups -OCH3 is 2. The monoisotopic (exact) mass is 376 g/mol. The van der Waals surface area contributed by atoms with Gasteiger partial charge in [-0.1, -0.05) is 13.0 Å². The van der Waals surface area contributed by atoms with Crippen LogP contribution in [0.25, 0.3) is 0 Å². The molecule has 0 unspecified atom stereocenters. The lowest BCUT2D eigenvalue weighted by Gasteiger charge is -2.06. The van der Waals surface area contributed by atoms with Gasteiger partial charge in [-0.05, 0) is 24.6 Å². The maximum Gasteiger partial charge on any atom is 0.341 e. The van der Waals surface area contributed by atoms with E-state index in [2.05, 4.69) is 10.6 Å². The zero-order valence-corrected chi connectivity index (χ0v) is 15.8. The summed E-state index contributed by atoms with van der Waals surface area (Å²) in [5.74, 6) is -0.638. The molecule has 0 atom stereocenters. The van der Waals surface area contributed by atoms with Crippen molar-refractivity contribution in [1.82, 2.24) is 0 Å². The molecule has 1 heterocycles. The molecule has 138 valence electrons. The van der Waals surface area contributed by atoms with Gasteiger partial charge in [-0.3, -0.25) is 9.59 Å². The molecule has 7 nitrogen and oxygen atoms in total. The molecule has 2 N–H and O–H groups in total. The minimum Gasteiger partial charge on any atom is -0.497 e. The molecule has 0 saturated carbocycles. The van der Waals surface area contributed by atoms with Crippen molar-refractivity contribution in [3.8, 4) is 5.75 Å². The van der Waals surface area contributed by atoms with Gasteiger partial charge in [0.25, 0.3) is 5.91 Å². The van der Waals surface area contributed by atoms with Crippen molar-refractivity contribution in [2.24, 2.45) is 0 Å². The Kier molecular flexibility index (Phi) is 6.35. The van der Waals surface area contributed by atoms with Crippen LogP contribution in [0.4, 0.5) is 10.7 Å². The molecular formula is C18H20N2O5S. The quantitative estimate of drug-likeness (QED) is 0.753. The third kappa shape index (κ3) is 4.20. The summed E-state index contributed by atoms with van der Waals surface area (Å²) in [5, 5.41) is 5.72. The molecule has 0 saturated heterocycles. The first-order valence-corrected chi connectivity index (χ1v) is 8.69. The van der Waals surface area contributed by atoms with Crippen LogP contribution in [0.2, 0.25) is 0 Å². The normalized spacial score (nSPS) is 10.2. The summed E-state index contributed by atoms with van der Waals surface area (Å²) < 4.78 is 9.92. The fraction of sp³-hybridized carbons (Fsp3) is 0.278. The van der Waals surface area contributed by atoms with E-state index in [1.807, 2.05) is 0 Å². The van der Waals surface area contributed by atoms with Gasteiger partial charge in [-0.2, -0.15) is 0 Å². The third-order valence-electron chi connectivity index (χ3n) is 3.64. The fourth-order valence-electron chi connectivity index (χ4n) is 2.27. The predicted molar refractivity (Wildman–Crippen MR) is 100 cm³/mol. The van der Waals surface area contributed by atoms with E-state index in [9.17, 15) is 14.4 Å². The molecule has 0 radical (unpaired) electrons. The molecular weight excluding hydrogens is 356 g/mol. The Morgan fingerprint density at radius 2 is 1.88 bits per heavy atom. The van der Waals surface area contributed by atoms with E-state index in [0.717, 1.165) is 11.3 Å². The highest BCUT2D eigenvalue weighted by Gasteiger charge is 2.26. The molecule has 0 aliphatic carbocycles. The number of benzene rings is 1. The van der Waals surface area contributed by atoms with E-state index in [4.69, 9.17) is 9.47 Å². The molecule has 0 aliphatic heterocycles. The number of hydrogen-bond donors (Lipinski definition) is 2. The van der Waals surface area contributed by atoms with Crippen LogP contribution in [0, 0.1) is 6.92 Å². The summed E-state index contributed by atoms with van der Waals surface area (Å²) in [4.78, 5) is 36.8. The number of hydrogen-bond acceptors (Lipinski definition) is 6. The SMILES string of the molecule is CCC(=O)Nc1sc(C(=O)Nc2cccc(OC)c2)c(C)c1C(=O)OC. The van der Waals surface area contributed by atoms with Crippen molar-refractivity contribution >= 4 is 39.8 Å². The van der Waals surface area contributed by atoms with Crippen molar-refractivity contribution in [3.63, 3.8) is 0 Å². The van der Waals surface area contributed by atoms with Gasteiger partial charge in [0.1, 0.15) is 10.8 Å². The second kappa shape index (κ2) is 8.48. The number of carbonyl (C=O) groups is 3. The lowest BCUT2D eigenvalue weighted by atomic mass is 10.1. The maximum absolute atomic E-state index is 12.7. The van der Waals surface area contributed by atoms with Gasteiger partial charge in [0.05, 0.1) is 24.7 Å². The highest BCUT2D eigenvalue weighted by Crippen LogP contribution is 2.34. The highest BCUT2D eigenvalue weighted by molar-refractivity contribution is 7.18. The number of ether oxygens (including phenoxy) is 2. The van der Waals surface area contributed by atoms with Crippen LogP contribution in [0.1, 0.15) is 38.9 Å². The van der Waals surface area contributed by atoms with Crippen molar-refractivity contribution in [3.05, 3.63) is 40.3 Å². The van der Waals surface area contributed by atoms with Crippen LogP contribution in [0.3, 0.4) is 0 Å². The van der Waals surface area contributed by atoms with E-state index in [1.54, 1.807) is 38.1 Å². The fourth-order valence-corrected chi connectivity index (χ4v) is 3.38. The summed E-state index contributed by atoms with van der Waals surface area (Å²) >= 11 is 1.03. The van der Waals surface area contributed by atoms with E-state index >= 15 is 0 Å². The van der Waals surface area contributed by atoms with Crippen LogP contribution in [-0.4, -0.2) is 32.0 Å². The molecule has 2 amide bonds. The van der Waals surface area contributed by atoms with Gasteiger partial charge in [-0.15, -0.1) is 11.3 Å². The van der Waals surface area contributed by atoms with Crippen molar-refractivity contribution in [1.29, 1.82) is 0 Å². The molecule has 0 bridgehead atoms. The van der Waals surface area contributed by atoms with Crippen molar-refractivity contribution in [2.75, 3.05) is 24.9 Å². The standard InChI is InChI=1S/C18H20N2O5S/c1-5-13(21)20-17-14(18(23)25-4)10(2)15(26-17)16(22)19-11-7-6-8-12(9-11)24-3/h6-9H,5H2,1-4H3,(H,19,22)(H,20,21). The molecule has 0 spiro atoms. The van der Waals surface area contributed by atoms with E-state index < -0.39 is 5.97 Å². The van der Waals surface area contributed by atoms with Crippen LogP contribution < -0.4 is 15.4 Å². The summed E-state index contributed by atoms with van der Waals surface area (Å²) in [6.07, 6.45) is 0.253. The van der Waals surface area contributed by atoms with Gasteiger partial charge in [0.2, 0.25) is 5.91 Å². The van der Waals surface area contributed by atoms with Crippen molar-refractivity contribution in [2.45, 2.75) is 20.3 Å². The minimum absolute atomic E-state index is 0.190. The second-order valence-corrected chi connectivity index (χ2v) is 6.36. The Labute approximate surface area is 155 Å². The highest BCUT2D eigenvalue weighted by atomic mass is 32.1. The molecule has 8 heteroatoms. The number of nitrogens with one attached hydrogen (secondary N) is 2. The topological polar surface area (TPSA) is 93.7 Å². The summed E-state index contributed by atoms with van der Waals surface area (Å²) in [7, 11) is 2.79. The minimum atomic E-state index is -0.606. The van der Waals surface area contributed by atoms with Crippen LogP contribution >= 0.6 is 11.3 Å². The first-order chi connectivity index (χ1) is 12.4. The zero-order chi connectivity index (χ0) is 19.3.